The highest BCUT2D eigenvalue weighted by Crippen LogP contribution is 2.33. The number of rotatable bonds is 5. The largest absolute Gasteiger partial charge is 0.358 e. The third-order valence-electron chi connectivity index (χ3n) is 6.29. The number of nitrogens with zero attached hydrogens (tertiary/aromatic N) is 1. The minimum absolute atomic E-state index is 0.141. The molecular weight excluding hydrogens is 434 g/mol. The van der Waals surface area contributed by atoms with Crippen LogP contribution >= 0.6 is 11.8 Å². The van der Waals surface area contributed by atoms with Gasteiger partial charge in [0.15, 0.2) is 0 Å². The van der Waals surface area contributed by atoms with Crippen molar-refractivity contribution in [3.05, 3.63) is 75.8 Å². The summed E-state index contributed by atoms with van der Waals surface area (Å²) in [6.45, 7) is 2.61. The zero-order chi connectivity index (χ0) is 22.9. The quantitative estimate of drug-likeness (QED) is 0.539. The van der Waals surface area contributed by atoms with Gasteiger partial charge >= 0.3 is 0 Å². The van der Waals surface area contributed by atoms with Gasteiger partial charge in [-0.15, -0.1) is 0 Å². The maximum Gasteiger partial charge on any atom is 0.293 e. The fraction of sp³-hybridized carbons (Fsp3) is 0.269. The predicted molar refractivity (Wildman–Crippen MR) is 131 cm³/mol. The molecular formula is C26H25N3O3S. The fourth-order valence-electron chi connectivity index (χ4n) is 4.51. The molecule has 33 heavy (non-hydrogen) atoms. The van der Waals surface area contributed by atoms with Crippen LogP contribution in [0.15, 0.2) is 53.4 Å². The number of fused-ring (bicyclic) bond motifs is 3. The van der Waals surface area contributed by atoms with E-state index in [4.69, 9.17) is 0 Å². The van der Waals surface area contributed by atoms with E-state index in [0.717, 1.165) is 41.1 Å². The molecule has 0 radical (unpaired) electrons. The topological polar surface area (TPSA) is 82.3 Å². The number of amides is 3. The van der Waals surface area contributed by atoms with Crippen LogP contribution in [0.2, 0.25) is 0 Å². The van der Waals surface area contributed by atoms with E-state index in [1.165, 1.54) is 22.6 Å². The molecule has 1 atom stereocenters. The number of nitrogens with one attached hydrogen (secondary N) is 2. The van der Waals surface area contributed by atoms with Crippen molar-refractivity contribution in [3.63, 3.8) is 0 Å². The van der Waals surface area contributed by atoms with Crippen LogP contribution in [0.4, 0.5) is 4.79 Å². The average Bonchev–Trinajstić information content (AvgIpc) is 3.30. The molecule has 3 aromatic rings. The van der Waals surface area contributed by atoms with Crippen LogP contribution in [0.3, 0.4) is 0 Å². The Kier molecular flexibility index (Phi) is 5.81. The van der Waals surface area contributed by atoms with Crippen molar-refractivity contribution in [3.8, 4) is 0 Å². The van der Waals surface area contributed by atoms with Crippen LogP contribution in [0.5, 0.6) is 0 Å². The number of H-pyrrole nitrogens is 1. The van der Waals surface area contributed by atoms with Gasteiger partial charge in [0.25, 0.3) is 17.1 Å². The van der Waals surface area contributed by atoms with Gasteiger partial charge in [-0.1, -0.05) is 37.3 Å². The summed E-state index contributed by atoms with van der Waals surface area (Å²) in [5, 5.41) is 3.65. The Morgan fingerprint density at radius 1 is 1.21 bits per heavy atom. The van der Waals surface area contributed by atoms with Crippen molar-refractivity contribution in [1.82, 2.24) is 15.2 Å². The van der Waals surface area contributed by atoms with E-state index in [2.05, 4.69) is 17.2 Å². The molecule has 0 spiro atoms. The van der Waals surface area contributed by atoms with Crippen molar-refractivity contribution in [1.29, 1.82) is 0 Å². The number of aromatic nitrogens is 1. The van der Waals surface area contributed by atoms with E-state index >= 15 is 0 Å². The lowest BCUT2D eigenvalue weighted by Crippen LogP contribution is -2.37. The number of thioether (sulfide) groups is 1. The number of carbonyl (C=O) groups excluding carboxylic acids is 3. The first-order valence-corrected chi connectivity index (χ1v) is 12.0. The van der Waals surface area contributed by atoms with E-state index < -0.39 is 0 Å². The maximum absolute atomic E-state index is 12.8. The van der Waals surface area contributed by atoms with E-state index in [-0.39, 0.29) is 30.1 Å². The van der Waals surface area contributed by atoms with Gasteiger partial charge in [0.2, 0.25) is 0 Å². The molecule has 0 saturated carbocycles. The molecule has 0 bridgehead atoms. The molecule has 2 aromatic carbocycles. The van der Waals surface area contributed by atoms with Gasteiger partial charge in [-0.25, -0.2) is 0 Å². The lowest BCUT2D eigenvalue weighted by atomic mass is 9.87. The lowest BCUT2D eigenvalue weighted by Gasteiger charge is -2.18. The molecule has 1 unspecified atom stereocenters. The van der Waals surface area contributed by atoms with Gasteiger partial charge in [0, 0.05) is 35.2 Å². The third-order valence-corrected chi connectivity index (χ3v) is 7.20. The first-order valence-electron chi connectivity index (χ1n) is 11.2. The standard InChI is InChI=1S/C26H25N3O3S/c1-16-7-9-21-19(13-16)20-15-18(8-10-22(20)28-21)24(30)27-11-12-29-25(31)23(33-26(29)32)14-17-5-3-2-4-6-17/h2-6,8,10,14-16,28H,7,9,11-13H2,1H3,(H,27,30)/b23-14-. The summed E-state index contributed by atoms with van der Waals surface area (Å²) in [6, 6.07) is 15.1. The molecule has 1 aromatic heterocycles. The molecule has 5 rings (SSSR count). The summed E-state index contributed by atoms with van der Waals surface area (Å²) in [5.41, 5.74) is 5.12. The molecule has 1 aliphatic carbocycles. The van der Waals surface area contributed by atoms with E-state index in [1.807, 2.05) is 48.5 Å². The number of benzene rings is 2. The summed E-state index contributed by atoms with van der Waals surface area (Å²) < 4.78 is 0. The Bertz CT molecular complexity index is 1280. The first kappa shape index (κ1) is 21.5. The van der Waals surface area contributed by atoms with Crippen molar-refractivity contribution in [2.24, 2.45) is 5.92 Å². The molecule has 7 heteroatoms. The van der Waals surface area contributed by atoms with Gasteiger partial charge in [0.05, 0.1) is 4.91 Å². The summed E-state index contributed by atoms with van der Waals surface area (Å²) in [6.07, 6.45) is 4.97. The summed E-state index contributed by atoms with van der Waals surface area (Å²) in [5.74, 6) is 0.114. The second kappa shape index (κ2) is 8.90. The Labute approximate surface area is 196 Å². The van der Waals surface area contributed by atoms with Crippen LogP contribution in [-0.2, 0) is 17.6 Å². The van der Waals surface area contributed by atoms with Crippen LogP contribution < -0.4 is 5.32 Å². The lowest BCUT2D eigenvalue weighted by molar-refractivity contribution is -0.122. The van der Waals surface area contributed by atoms with Crippen molar-refractivity contribution < 1.29 is 14.4 Å². The summed E-state index contributed by atoms with van der Waals surface area (Å²) in [7, 11) is 0. The number of hydrogen-bond acceptors (Lipinski definition) is 4. The number of aromatic amines is 1. The maximum atomic E-state index is 12.8. The summed E-state index contributed by atoms with van der Waals surface area (Å²) >= 11 is 0.930. The molecule has 1 saturated heterocycles. The minimum atomic E-state index is -0.322. The molecule has 2 heterocycles. The predicted octanol–water partition coefficient (Wildman–Crippen LogP) is 4.76. The molecule has 1 aliphatic heterocycles. The third kappa shape index (κ3) is 4.33. The Hall–Kier alpha value is -3.32. The normalized spacial score (nSPS) is 19.4. The molecule has 2 N–H and O–H groups in total. The molecule has 3 amide bonds. The highest BCUT2D eigenvalue weighted by Gasteiger charge is 2.34. The van der Waals surface area contributed by atoms with Crippen molar-refractivity contribution in [2.45, 2.75) is 26.2 Å². The van der Waals surface area contributed by atoms with Gasteiger partial charge in [-0.3, -0.25) is 19.3 Å². The monoisotopic (exact) mass is 459 g/mol. The molecule has 2 aliphatic rings. The van der Waals surface area contributed by atoms with Crippen LogP contribution in [-0.4, -0.2) is 40.0 Å². The second-order valence-electron chi connectivity index (χ2n) is 8.69. The number of carbonyl (C=O) groups is 3. The van der Waals surface area contributed by atoms with Crippen LogP contribution in [0, 0.1) is 5.92 Å². The highest BCUT2D eigenvalue weighted by molar-refractivity contribution is 8.18. The Morgan fingerprint density at radius 3 is 2.85 bits per heavy atom. The fourth-order valence-corrected chi connectivity index (χ4v) is 5.37. The van der Waals surface area contributed by atoms with Gasteiger partial charge in [0.1, 0.15) is 0 Å². The number of aryl methyl sites for hydroxylation is 1. The van der Waals surface area contributed by atoms with Crippen LogP contribution in [0.25, 0.3) is 17.0 Å². The highest BCUT2D eigenvalue weighted by atomic mass is 32.2. The SMILES string of the molecule is CC1CCc2[nH]c3ccc(C(=O)NCCN4C(=O)S/C(=C\c5ccccc5)C4=O)cc3c2C1. The second-order valence-corrected chi connectivity index (χ2v) is 9.68. The zero-order valence-corrected chi connectivity index (χ0v) is 19.2. The van der Waals surface area contributed by atoms with Gasteiger partial charge in [-0.05, 0) is 72.3 Å². The minimum Gasteiger partial charge on any atom is -0.358 e. The molecule has 168 valence electrons. The molecule has 1 fully saturated rings. The number of imide groups is 1. The number of hydrogen-bond donors (Lipinski definition) is 2. The van der Waals surface area contributed by atoms with E-state index in [9.17, 15) is 14.4 Å². The van der Waals surface area contributed by atoms with Crippen molar-refractivity contribution in [2.75, 3.05) is 13.1 Å². The van der Waals surface area contributed by atoms with E-state index in [0.29, 0.717) is 16.4 Å². The van der Waals surface area contributed by atoms with Gasteiger partial charge < -0.3 is 10.3 Å². The smallest absolute Gasteiger partial charge is 0.293 e. The summed E-state index contributed by atoms with van der Waals surface area (Å²) in [4.78, 5) is 42.8. The van der Waals surface area contributed by atoms with E-state index in [1.54, 1.807) is 6.08 Å². The van der Waals surface area contributed by atoms with Crippen LogP contribution in [0.1, 0.15) is 40.5 Å². The first-order chi connectivity index (χ1) is 16.0. The zero-order valence-electron chi connectivity index (χ0n) is 18.4. The van der Waals surface area contributed by atoms with Crippen molar-refractivity contribution >= 4 is 45.8 Å². The Morgan fingerprint density at radius 2 is 2.03 bits per heavy atom. The Balaban J connectivity index is 1.23. The van der Waals surface area contributed by atoms with Gasteiger partial charge in [-0.2, -0.15) is 0 Å². The molecule has 6 nitrogen and oxygen atoms in total. The average molecular weight is 460 g/mol.